The van der Waals surface area contributed by atoms with E-state index in [9.17, 15) is 19.5 Å². The normalized spacial score (nSPS) is 32.2. The summed E-state index contributed by atoms with van der Waals surface area (Å²) in [6, 6.07) is 12.8. The minimum absolute atomic E-state index is 0.121. The monoisotopic (exact) mass is 502 g/mol. The third kappa shape index (κ3) is 3.78. The van der Waals surface area contributed by atoms with Gasteiger partial charge < -0.3 is 24.4 Å². The molecule has 2 fully saturated rings. The SMILES string of the molecule is O=C1OCCC/C=C\[C@@H]2O[C@]34C=CCN(c5ccc6ccccc6c5)C(=O)C3N(CCCO)C(=O)[C@@H]4[C@H]12. The molecular formula is C29H30N2O6. The van der Waals surface area contributed by atoms with Crippen LogP contribution in [0.25, 0.3) is 10.8 Å². The molecule has 192 valence electrons. The number of hydrogen-bond donors (Lipinski definition) is 1. The van der Waals surface area contributed by atoms with Gasteiger partial charge in [-0.25, -0.2) is 0 Å². The Morgan fingerprint density at radius 1 is 1.03 bits per heavy atom. The maximum Gasteiger partial charge on any atom is 0.312 e. The fraction of sp³-hybridized carbons (Fsp3) is 0.414. The molecule has 4 aliphatic heterocycles. The number of rotatable bonds is 4. The fourth-order valence-electron chi connectivity index (χ4n) is 6.31. The molecule has 0 saturated carbocycles. The predicted molar refractivity (Wildman–Crippen MR) is 137 cm³/mol. The van der Waals surface area contributed by atoms with Gasteiger partial charge in [0, 0.05) is 25.4 Å². The molecule has 37 heavy (non-hydrogen) atoms. The molecule has 0 aromatic heterocycles. The van der Waals surface area contributed by atoms with Gasteiger partial charge in [-0.15, -0.1) is 0 Å². The zero-order chi connectivity index (χ0) is 25.6. The van der Waals surface area contributed by atoms with Crippen LogP contribution in [0.5, 0.6) is 0 Å². The third-order valence-electron chi connectivity index (χ3n) is 7.95. The number of nitrogens with zero attached hydrogens (tertiary/aromatic N) is 2. The molecular weight excluding hydrogens is 472 g/mol. The van der Waals surface area contributed by atoms with Gasteiger partial charge in [0.25, 0.3) is 5.91 Å². The van der Waals surface area contributed by atoms with E-state index in [0.29, 0.717) is 19.4 Å². The summed E-state index contributed by atoms with van der Waals surface area (Å²) < 4.78 is 12.1. The van der Waals surface area contributed by atoms with E-state index < -0.39 is 35.6 Å². The number of hydrogen-bond acceptors (Lipinski definition) is 6. The lowest BCUT2D eigenvalue weighted by Crippen LogP contribution is -2.55. The van der Waals surface area contributed by atoms with Crippen LogP contribution in [0.1, 0.15) is 19.3 Å². The van der Waals surface area contributed by atoms with Crippen molar-refractivity contribution in [1.82, 2.24) is 4.90 Å². The first-order chi connectivity index (χ1) is 18.0. The van der Waals surface area contributed by atoms with Crippen LogP contribution in [0.15, 0.2) is 66.8 Å². The summed E-state index contributed by atoms with van der Waals surface area (Å²) in [5.41, 5.74) is -0.573. The van der Waals surface area contributed by atoms with Crippen LogP contribution < -0.4 is 4.90 Å². The Morgan fingerprint density at radius 3 is 2.70 bits per heavy atom. The van der Waals surface area contributed by atoms with Gasteiger partial charge in [-0.3, -0.25) is 14.4 Å². The molecule has 4 aliphatic rings. The number of carbonyl (C=O) groups excluding carboxylic acids is 3. The molecule has 1 N–H and O–H groups in total. The Kier molecular flexibility index (Phi) is 6.09. The van der Waals surface area contributed by atoms with Crippen molar-refractivity contribution in [3.05, 3.63) is 66.8 Å². The first-order valence-electron chi connectivity index (χ1n) is 13.0. The predicted octanol–water partition coefficient (Wildman–Crippen LogP) is 2.60. The lowest BCUT2D eigenvalue weighted by molar-refractivity contribution is -0.154. The van der Waals surface area contributed by atoms with Gasteiger partial charge in [0.15, 0.2) is 0 Å². The number of fused-ring (bicyclic) bond motifs is 3. The summed E-state index contributed by atoms with van der Waals surface area (Å²) in [5, 5.41) is 11.6. The Hall–Kier alpha value is -3.49. The van der Waals surface area contributed by atoms with Crippen molar-refractivity contribution in [2.75, 3.05) is 31.2 Å². The van der Waals surface area contributed by atoms with Gasteiger partial charge >= 0.3 is 5.97 Å². The molecule has 2 aromatic rings. The highest BCUT2D eigenvalue weighted by Crippen LogP contribution is 2.53. The van der Waals surface area contributed by atoms with Crippen LogP contribution in [0.2, 0.25) is 0 Å². The van der Waals surface area contributed by atoms with E-state index in [0.717, 1.165) is 22.9 Å². The van der Waals surface area contributed by atoms with Crippen molar-refractivity contribution in [1.29, 1.82) is 0 Å². The van der Waals surface area contributed by atoms with Crippen molar-refractivity contribution in [3.63, 3.8) is 0 Å². The highest BCUT2D eigenvalue weighted by atomic mass is 16.6. The second-order valence-electron chi connectivity index (χ2n) is 10.1. The smallest absolute Gasteiger partial charge is 0.312 e. The zero-order valence-electron chi connectivity index (χ0n) is 20.5. The molecule has 5 atom stereocenters. The second kappa shape index (κ2) is 9.43. The standard InChI is InChI=1S/C29H30N2O6/c32-16-7-15-31-25-27(34)30(21-12-11-19-8-3-4-9-20(19)18-21)14-6-13-29(25)24(26(31)33)23-22(37-29)10-2-1-5-17-36-28(23)35/h2-4,6,8-13,18,22-25,32H,1,5,7,14-17H2/b10-2-/t22-,23+,24-,25?,29-/m0/s1. The lowest BCUT2D eigenvalue weighted by Gasteiger charge is -2.35. The summed E-state index contributed by atoms with van der Waals surface area (Å²) >= 11 is 0. The first kappa shape index (κ1) is 23.9. The van der Waals surface area contributed by atoms with Crippen LogP contribution in [0.4, 0.5) is 5.69 Å². The average molecular weight is 503 g/mol. The zero-order valence-corrected chi connectivity index (χ0v) is 20.5. The number of carbonyl (C=O) groups is 3. The number of cyclic esters (lactones) is 1. The van der Waals surface area contributed by atoms with E-state index in [1.165, 1.54) is 4.90 Å². The Balaban J connectivity index is 1.44. The van der Waals surface area contributed by atoms with Gasteiger partial charge in [0.2, 0.25) is 5.91 Å². The molecule has 1 spiro atoms. The van der Waals surface area contributed by atoms with E-state index in [-0.39, 0.29) is 31.6 Å². The van der Waals surface area contributed by atoms with Crippen molar-refractivity contribution >= 4 is 34.2 Å². The average Bonchev–Trinajstić information content (AvgIpc) is 3.31. The van der Waals surface area contributed by atoms with E-state index in [2.05, 4.69) is 0 Å². The number of amides is 2. The van der Waals surface area contributed by atoms with Gasteiger partial charge in [0.05, 0.1) is 18.6 Å². The van der Waals surface area contributed by atoms with Crippen molar-refractivity contribution < 1.29 is 29.0 Å². The number of benzene rings is 2. The third-order valence-corrected chi connectivity index (χ3v) is 7.95. The molecule has 2 amide bonds. The number of aliphatic hydroxyl groups is 1. The van der Waals surface area contributed by atoms with Gasteiger partial charge in [0.1, 0.15) is 17.6 Å². The fourth-order valence-corrected chi connectivity index (χ4v) is 6.31. The van der Waals surface area contributed by atoms with Crippen LogP contribution in [0.3, 0.4) is 0 Å². The van der Waals surface area contributed by atoms with E-state index >= 15 is 0 Å². The Labute approximate surface area is 215 Å². The van der Waals surface area contributed by atoms with Crippen molar-refractivity contribution in [2.24, 2.45) is 11.8 Å². The number of aliphatic hydroxyl groups excluding tert-OH is 1. The highest BCUT2D eigenvalue weighted by Gasteiger charge is 2.71. The maximum absolute atomic E-state index is 14.3. The van der Waals surface area contributed by atoms with Crippen LogP contribution in [0, 0.1) is 11.8 Å². The summed E-state index contributed by atoms with van der Waals surface area (Å²) in [7, 11) is 0. The molecule has 0 radical (unpaired) electrons. The Bertz CT molecular complexity index is 1300. The molecule has 2 saturated heterocycles. The molecule has 2 aromatic carbocycles. The summed E-state index contributed by atoms with van der Waals surface area (Å²) in [4.78, 5) is 44.6. The van der Waals surface area contributed by atoms with Crippen LogP contribution in [-0.4, -0.2) is 71.8 Å². The molecule has 6 rings (SSSR count). The minimum atomic E-state index is -1.30. The largest absolute Gasteiger partial charge is 0.465 e. The Morgan fingerprint density at radius 2 is 1.86 bits per heavy atom. The van der Waals surface area contributed by atoms with Crippen LogP contribution >= 0.6 is 0 Å². The van der Waals surface area contributed by atoms with Gasteiger partial charge in [-0.1, -0.05) is 54.6 Å². The molecule has 0 aliphatic carbocycles. The highest BCUT2D eigenvalue weighted by molar-refractivity contribution is 6.06. The summed E-state index contributed by atoms with van der Waals surface area (Å²) in [6.07, 6.45) is 8.59. The van der Waals surface area contributed by atoms with E-state index in [1.807, 2.05) is 66.8 Å². The van der Waals surface area contributed by atoms with Gasteiger partial charge in [-0.2, -0.15) is 0 Å². The molecule has 8 heteroatoms. The number of likely N-dealkylation sites (tertiary alicyclic amines) is 1. The minimum Gasteiger partial charge on any atom is -0.465 e. The molecule has 0 bridgehead atoms. The molecule has 4 heterocycles. The van der Waals surface area contributed by atoms with Crippen molar-refractivity contribution in [2.45, 2.75) is 37.0 Å². The van der Waals surface area contributed by atoms with E-state index in [4.69, 9.17) is 9.47 Å². The summed E-state index contributed by atoms with van der Waals surface area (Å²) in [6.45, 7) is 0.658. The number of anilines is 1. The quantitative estimate of drug-likeness (QED) is 0.510. The summed E-state index contributed by atoms with van der Waals surface area (Å²) in [5.74, 6) is -2.76. The number of allylic oxidation sites excluding steroid dienone is 1. The maximum atomic E-state index is 14.3. The molecule has 8 nitrogen and oxygen atoms in total. The van der Waals surface area contributed by atoms with Crippen LogP contribution in [-0.2, 0) is 23.9 Å². The lowest BCUT2D eigenvalue weighted by atomic mass is 9.78. The van der Waals surface area contributed by atoms with E-state index in [1.54, 1.807) is 4.90 Å². The second-order valence-corrected chi connectivity index (χ2v) is 10.1. The van der Waals surface area contributed by atoms with Crippen molar-refractivity contribution in [3.8, 4) is 0 Å². The number of ether oxygens (including phenoxy) is 2. The number of esters is 1. The first-order valence-corrected chi connectivity index (χ1v) is 13.0. The molecule has 1 unspecified atom stereocenters. The van der Waals surface area contributed by atoms with Gasteiger partial charge in [-0.05, 0) is 42.2 Å². The topological polar surface area (TPSA) is 96.4 Å².